The van der Waals surface area contributed by atoms with Crippen molar-refractivity contribution in [2.24, 2.45) is 0 Å². The van der Waals surface area contributed by atoms with Crippen LogP contribution in [0, 0.1) is 0 Å². The van der Waals surface area contributed by atoms with Crippen molar-refractivity contribution < 1.29 is 14.1 Å². The number of nitrogens with one attached hydrogen (secondary N) is 1. The molecule has 0 aromatic heterocycles. The fourth-order valence-corrected chi connectivity index (χ4v) is 1.97. The summed E-state index contributed by atoms with van der Waals surface area (Å²) in [5.41, 5.74) is 0. The van der Waals surface area contributed by atoms with Crippen LogP contribution in [0.15, 0.2) is 0 Å². The number of methoxy groups -OCH3 is 1. The quantitative estimate of drug-likeness (QED) is 0.595. The first-order chi connectivity index (χ1) is 6.56. The summed E-state index contributed by atoms with van der Waals surface area (Å²) in [4.78, 5) is 0. The Morgan fingerprint density at radius 2 is 2.14 bits per heavy atom. The van der Waals surface area contributed by atoms with E-state index in [2.05, 4.69) is 5.32 Å². The maximum atomic E-state index is 11.3. The Kier molecular flexibility index (Phi) is 8.37. The molecule has 0 radical (unpaired) electrons. The molecule has 0 amide bonds. The Bertz CT molecular complexity index is 164. The summed E-state index contributed by atoms with van der Waals surface area (Å²) in [6, 6.07) is 0.345. The van der Waals surface area contributed by atoms with E-state index in [1.54, 1.807) is 7.11 Å². The monoisotopic (exact) mass is 223 g/mol. The summed E-state index contributed by atoms with van der Waals surface area (Å²) >= 11 is 0. The molecule has 0 saturated carbocycles. The van der Waals surface area contributed by atoms with Crippen molar-refractivity contribution in [3.05, 3.63) is 0 Å². The van der Waals surface area contributed by atoms with Crippen LogP contribution in [-0.4, -0.2) is 53.2 Å². The molecule has 0 aliphatic carbocycles. The number of hydrogen-bond donors (Lipinski definition) is 2. The molecule has 14 heavy (non-hydrogen) atoms. The molecule has 5 heteroatoms. The van der Waals surface area contributed by atoms with Crippen LogP contribution >= 0.6 is 0 Å². The third-order valence-electron chi connectivity index (χ3n) is 1.66. The van der Waals surface area contributed by atoms with Crippen LogP contribution < -0.4 is 5.32 Å². The average molecular weight is 223 g/mol. The Morgan fingerprint density at radius 3 is 2.64 bits per heavy atom. The summed E-state index contributed by atoms with van der Waals surface area (Å²) < 4.78 is 16.1. The maximum Gasteiger partial charge on any atom is 0.0779 e. The first-order valence-corrected chi connectivity index (χ1v) is 6.30. The topological polar surface area (TPSA) is 58.6 Å². The lowest BCUT2D eigenvalue weighted by molar-refractivity contribution is 0.190. The van der Waals surface area contributed by atoms with Gasteiger partial charge in [-0.15, -0.1) is 0 Å². The molecule has 0 aromatic carbocycles. The highest BCUT2D eigenvalue weighted by Gasteiger charge is 2.09. The molecule has 0 aliphatic heterocycles. The molecule has 0 aliphatic rings. The molecule has 0 rings (SSSR count). The summed E-state index contributed by atoms with van der Waals surface area (Å²) in [6.45, 7) is 5.00. The van der Waals surface area contributed by atoms with E-state index in [1.807, 2.05) is 13.8 Å². The van der Waals surface area contributed by atoms with Gasteiger partial charge in [-0.05, 0) is 0 Å². The number of hydrogen-bond acceptors (Lipinski definition) is 4. The molecule has 0 fully saturated rings. The van der Waals surface area contributed by atoms with Gasteiger partial charge in [-0.25, -0.2) is 0 Å². The van der Waals surface area contributed by atoms with Gasteiger partial charge in [0.05, 0.1) is 18.5 Å². The third-order valence-corrected chi connectivity index (χ3v) is 3.03. The molecule has 0 saturated heterocycles. The SMILES string of the molecule is COCCS(=O)CC(O)CNC(C)C. The predicted octanol–water partition coefficient (Wildman–Crippen LogP) is -0.260. The zero-order valence-electron chi connectivity index (χ0n) is 9.16. The average Bonchev–Trinajstić information content (AvgIpc) is 2.11. The number of ether oxygens (including phenoxy) is 1. The molecule has 2 atom stereocenters. The van der Waals surface area contributed by atoms with Crippen LogP contribution in [0.25, 0.3) is 0 Å². The standard InChI is InChI=1S/C9H21NO3S/c1-8(2)10-6-9(11)7-14(12)5-4-13-3/h8-11H,4-7H2,1-3H3. The molecule has 2 N–H and O–H groups in total. The normalized spacial score (nSPS) is 15.8. The highest BCUT2D eigenvalue weighted by Crippen LogP contribution is 1.90. The van der Waals surface area contributed by atoms with E-state index in [-0.39, 0.29) is 0 Å². The Morgan fingerprint density at radius 1 is 1.50 bits per heavy atom. The number of rotatable bonds is 8. The van der Waals surface area contributed by atoms with Gasteiger partial charge in [0.2, 0.25) is 0 Å². The van der Waals surface area contributed by atoms with Crippen LogP contribution in [0.2, 0.25) is 0 Å². The first kappa shape index (κ1) is 14.0. The van der Waals surface area contributed by atoms with E-state index in [1.165, 1.54) is 0 Å². The molecule has 86 valence electrons. The lowest BCUT2D eigenvalue weighted by atomic mass is 10.3. The van der Waals surface area contributed by atoms with Gasteiger partial charge in [-0.1, -0.05) is 13.8 Å². The second kappa shape index (κ2) is 8.35. The van der Waals surface area contributed by atoms with Gasteiger partial charge in [0.25, 0.3) is 0 Å². The Labute approximate surface area is 88.5 Å². The summed E-state index contributed by atoms with van der Waals surface area (Å²) in [6.07, 6.45) is -0.532. The fraction of sp³-hybridized carbons (Fsp3) is 1.00. The Balaban J connectivity index is 3.50. The molecule has 0 spiro atoms. The smallest absolute Gasteiger partial charge is 0.0779 e. The predicted molar refractivity (Wildman–Crippen MR) is 58.9 cm³/mol. The van der Waals surface area contributed by atoms with Crippen LogP contribution in [0.1, 0.15) is 13.8 Å². The summed E-state index contributed by atoms with van der Waals surface area (Å²) in [7, 11) is 0.598. The van der Waals surface area contributed by atoms with E-state index in [9.17, 15) is 9.32 Å². The molecular formula is C9H21NO3S. The summed E-state index contributed by atoms with van der Waals surface area (Å²) in [5, 5.41) is 12.6. The molecular weight excluding hydrogens is 202 g/mol. The van der Waals surface area contributed by atoms with Gasteiger partial charge in [-0.2, -0.15) is 0 Å². The van der Waals surface area contributed by atoms with E-state index < -0.39 is 16.9 Å². The van der Waals surface area contributed by atoms with Gasteiger partial charge in [0, 0.05) is 36.2 Å². The summed E-state index contributed by atoms with van der Waals surface area (Å²) in [5.74, 6) is 0.818. The molecule has 0 bridgehead atoms. The van der Waals surface area contributed by atoms with E-state index in [0.717, 1.165) is 0 Å². The second-order valence-electron chi connectivity index (χ2n) is 3.52. The largest absolute Gasteiger partial charge is 0.391 e. The van der Waals surface area contributed by atoms with Gasteiger partial charge >= 0.3 is 0 Å². The number of aliphatic hydroxyl groups excluding tert-OH is 1. The van der Waals surface area contributed by atoms with Gasteiger partial charge in [-0.3, -0.25) is 4.21 Å². The van der Waals surface area contributed by atoms with Crippen LogP contribution in [0.4, 0.5) is 0 Å². The lowest BCUT2D eigenvalue weighted by Crippen LogP contribution is -2.35. The lowest BCUT2D eigenvalue weighted by Gasteiger charge is -2.13. The molecule has 0 heterocycles. The van der Waals surface area contributed by atoms with Crippen molar-refractivity contribution in [1.29, 1.82) is 0 Å². The van der Waals surface area contributed by atoms with Crippen molar-refractivity contribution in [2.75, 3.05) is 31.8 Å². The van der Waals surface area contributed by atoms with Crippen molar-refractivity contribution >= 4 is 10.8 Å². The van der Waals surface area contributed by atoms with Crippen molar-refractivity contribution in [3.8, 4) is 0 Å². The van der Waals surface area contributed by atoms with Gasteiger partial charge in [0.1, 0.15) is 0 Å². The minimum absolute atomic E-state index is 0.322. The van der Waals surface area contributed by atoms with Crippen LogP contribution in [0.3, 0.4) is 0 Å². The molecule has 4 nitrogen and oxygen atoms in total. The molecule has 2 unspecified atom stereocenters. The van der Waals surface area contributed by atoms with Crippen molar-refractivity contribution in [1.82, 2.24) is 5.32 Å². The van der Waals surface area contributed by atoms with Crippen LogP contribution in [0.5, 0.6) is 0 Å². The minimum atomic E-state index is -0.980. The van der Waals surface area contributed by atoms with E-state index in [4.69, 9.17) is 4.74 Å². The van der Waals surface area contributed by atoms with Gasteiger partial charge in [0.15, 0.2) is 0 Å². The van der Waals surface area contributed by atoms with Gasteiger partial charge < -0.3 is 15.2 Å². The maximum absolute atomic E-state index is 11.3. The zero-order chi connectivity index (χ0) is 11.0. The molecule has 0 aromatic rings. The Hall–Kier alpha value is 0.0300. The van der Waals surface area contributed by atoms with Crippen molar-refractivity contribution in [3.63, 3.8) is 0 Å². The highest BCUT2D eigenvalue weighted by molar-refractivity contribution is 7.85. The third kappa shape index (κ3) is 8.62. The zero-order valence-corrected chi connectivity index (χ0v) is 9.97. The van der Waals surface area contributed by atoms with Crippen molar-refractivity contribution in [2.45, 2.75) is 26.0 Å². The fourth-order valence-electron chi connectivity index (χ4n) is 0.905. The number of aliphatic hydroxyl groups is 1. The van der Waals surface area contributed by atoms with E-state index >= 15 is 0 Å². The minimum Gasteiger partial charge on any atom is -0.391 e. The highest BCUT2D eigenvalue weighted by atomic mass is 32.2. The van der Waals surface area contributed by atoms with E-state index in [0.29, 0.717) is 30.7 Å². The van der Waals surface area contributed by atoms with Crippen LogP contribution in [-0.2, 0) is 15.5 Å². The second-order valence-corrected chi connectivity index (χ2v) is 5.14. The first-order valence-electron chi connectivity index (χ1n) is 4.81.